The summed E-state index contributed by atoms with van der Waals surface area (Å²) in [6, 6.07) is 1.19. The molecular weight excluding hydrogens is 322 g/mol. The van der Waals surface area contributed by atoms with Crippen molar-refractivity contribution in [1.82, 2.24) is 0 Å². The predicted molar refractivity (Wildman–Crippen MR) is 53.3 cm³/mol. The quantitative estimate of drug-likeness (QED) is 0.552. The molecule has 0 aliphatic carbocycles. The average molecular weight is 331 g/mol. The minimum Gasteiger partial charge on any atom is -0.615 e. The molecule has 20 heavy (non-hydrogen) atoms. The lowest BCUT2D eigenvalue weighted by Crippen LogP contribution is -2.38. The Bertz CT molecular complexity index is 347. The van der Waals surface area contributed by atoms with E-state index in [4.69, 9.17) is 5.26 Å². The van der Waals surface area contributed by atoms with Crippen molar-refractivity contribution in [3.8, 4) is 6.07 Å². The number of hydrogen-bond donors (Lipinski definition) is 0. The number of halogens is 8. The molecule has 118 valence electrons. The first kappa shape index (κ1) is 19.2. The smallest absolute Gasteiger partial charge is 0.453 e. The van der Waals surface area contributed by atoms with Gasteiger partial charge in [0.25, 0.3) is 0 Å². The molecule has 0 amide bonds. The van der Waals surface area contributed by atoms with E-state index in [9.17, 15) is 39.7 Å². The highest BCUT2D eigenvalue weighted by Crippen LogP contribution is 2.39. The Hall–Kier alpha value is -0.760. The molecule has 0 spiro atoms. The van der Waals surface area contributed by atoms with E-state index in [0.717, 1.165) is 0 Å². The summed E-state index contributed by atoms with van der Waals surface area (Å²) in [6.07, 6.45) is -14.9. The molecule has 2 nitrogen and oxygen atoms in total. The Labute approximate surface area is 111 Å². The maximum atomic E-state index is 12.6. The Morgan fingerprint density at radius 1 is 1.00 bits per heavy atom. The monoisotopic (exact) mass is 331 g/mol. The molecule has 0 aromatic carbocycles. The van der Waals surface area contributed by atoms with Gasteiger partial charge in [0.15, 0.2) is 0 Å². The van der Waals surface area contributed by atoms with Gasteiger partial charge in [-0.15, -0.1) is 0 Å². The largest absolute Gasteiger partial charge is 0.615 e. The highest BCUT2D eigenvalue weighted by molar-refractivity contribution is 7.92. The van der Waals surface area contributed by atoms with E-state index in [2.05, 4.69) is 0 Å². The van der Waals surface area contributed by atoms with E-state index in [0.29, 0.717) is 0 Å². The molecule has 0 saturated carbocycles. The second-order valence-electron chi connectivity index (χ2n) is 3.81. The van der Waals surface area contributed by atoms with Crippen molar-refractivity contribution in [2.24, 2.45) is 0 Å². The van der Waals surface area contributed by atoms with E-state index in [1.165, 1.54) is 6.07 Å². The van der Waals surface area contributed by atoms with Gasteiger partial charge in [-0.25, -0.2) is 0 Å². The van der Waals surface area contributed by atoms with Crippen LogP contribution in [-0.2, 0) is 11.2 Å². The molecule has 0 N–H and O–H groups in total. The first-order chi connectivity index (χ1) is 8.80. The fourth-order valence-electron chi connectivity index (χ4n) is 1.07. The van der Waals surface area contributed by atoms with E-state index in [1.54, 1.807) is 0 Å². The predicted octanol–water partition coefficient (Wildman–Crippen LogP) is 3.56. The molecule has 0 bridgehead atoms. The van der Waals surface area contributed by atoms with Gasteiger partial charge in [-0.3, -0.25) is 0 Å². The van der Waals surface area contributed by atoms with Crippen LogP contribution in [0, 0.1) is 11.3 Å². The van der Waals surface area contributed by atoms with Crippen LogP contribution in [0.25, 0.3) is 0 Å². The van der Waals surface area contributed by atoms with Crippen LogP contribution in [0.15, 0.2) is 0 Å². The van der Waals surface area contributed by atoms with Crippen LogP contribution in [0.3, 0.4) is 0 Å². The molecule has 0 saturated heterocycles. The zero-order valence-electron chi connectivity index (χ0n) is 9.69. The summed E-state index contributed by atoms with van der Waals surface area (Å²) >= 11 is -2.45. The lowest BCUT2D eigenvalue weighted by atomic mass is 10.1. The van der Waals surface area contributed by atoms with Crippen molar-refractivity contribution in [2.75, 3.05) is 5.75 Å². The lowest BCUT2D eigenvalue weighted by Gasteiger charge is -2.22. The standard InChI is InChI=1S/C9H9F8NOS/c10-7(11,9(15,16)17)2-1-6(5-18)20(19)4-3-8(12,13)14/h6H,1-4H2. The fourth-order valence-corrected chi connectivity index (χ4v) is 2.28. The van der Waals surface area contributed by atoms with Crippen molar-refractivity contribution in [2.45, 2.75) is 42.8 Å². The zero-order chi connectivity index (χ0) is 16.2. The van der Waals surface area contributed by atoms with Gasteiger partial charge in [0.05, 0.1) is 6.42 Å². The van der Waals surface area contributed by atoms with E-state index in [-0.39, 0.29) is 0 Å². The van der Waals surface area contributed by atoms with E-state index < -0.39 is 59.7 Å². The van der Waals surface area contributed by atoms with Gasteiger partial charge in [0.1, 0.15) is 11.8 Å². The first-order valence-electron chi connectivity index (χ1n) is 5.08. The van der Waals surface area contributed by atoms with E-state index >= 15 is 0 Å². The zero-order valence-corrected chi connectivity index (χ0v) is 10.5. The van der Waals surface area contributed by atoms with Gasteiger partial charge in [-0.2, -0.15) is 40.4 Å². The number of rotatable bonds is 6. The van der Waals surface area contributed by atoms with Gasteiger partial charge in [-0.05, 0) is 11.2 Å². The summed E-state index contributed by atoms with van der Waals surface area (Å²) in [4.78, 5) is 0. The van der Waals surface area contributed by atoms with Crippen LogP contribution in [0.5, 0.6) is 0 Å². The second kappa shape index (κ2) is 6.80. The summed E-state index contributed by atoms with van der Waals surface area (Å²) in [5, 5.41) is 6.67. The summed E-state index contributed by atoms with van der Waals surface area (Å²) in [6.45, 7) is 0. The van der Waals surface area contributed by atoms with Crippen LogP contribution in [-0.4, -0.2) is 33.8 Å². The number of nitrogens with zero attached hydrogens (tertiary/aromatic N) is 1. The minimum absolute atomic E-state index is 1.01. The van der Waals surface area contributed by atoms with Crippen LogP contribution in [0.4, 0.5) is 35.1 Å². The Balaban J connectivity index is 4.47. The summed E-state index contributed by atoms with van der Waals surface area (Å²) in [7, 11) is 0. The highest BCUT2D eigenvalue weighted by Gasteiger charge is 2.57. The number of nitriles is 1. The molecule has 0 rings (SSSR count). The molecule has 11 heteroatoms. The topological polar surface area (TPSA) is 46.8 Å². The fraction of sp³-hybridized carbons (Fsp3) is 0.889. The molecule has 0 fully saturated rings. The third-order valence-corrected chi connectivity index (χ3v) is 3.77. The molecule has 0 heterocycles. The normalized spacial score (nSPS) is 16.6. The van der Waals surface area contributed by atoms with Crippen molar-refractivity contribution >= 4 is 11.2 Å². The van der Waals surface area contributed by atoms with Gasteiger partial charge >= 0.3 is 18.3 Å². The number of hydrogen-bond acceptors (Lipinski definition) is 2. The summed E-state index contributed by atoms with van der Waals surface area (Å²) < 4.78 is 107. The Kier molecular flexibility index (Phi) is 6.54. The third-order valence-electron chi connectivity index (χ3n) is 2.18. The molecule has 2 atom stereocenters. The maximum Gasteiger partial charge on any atom is 0.453 e. The van der Waals surface area contributed by atoms with Crippen LogP contribution in [0.2, 0.25) is 0 Å². The minimum atomic E-state index is -5.82. The highest BCUT2D eigenvalue weighted by atomic mass is 32.2. The molecule has 0 aromatic heterocycles. The molecule has 0 aliphatic rings. The summed E-state index contributed by atoms with van der Waals surface area (Å²) in [5.74, 6) is -6.09. The lowest BCUT2D eigenvalue weighted by molar-refractivity contribution is -0.284. The van der Waals surface area contributed by atoms with Crippen molar-refractivity contribution in [3.63, 3.8) is 0 Å². The Morgan fingerprint density at radius 3 is 1.85 bits per heavy atom. The van der Waals surface area contributed by atoms with Crippen LogP contribution in [0.1, 0.15) is 19.3 Å². The molecule has 2 unspecified atom stereocenters. The second-order valence-corrected chi connectivity index (χ2v) is 5.55. The maximum absolute atomic E-state index is 12.6. The van der Waals surface area contributed by atoms with Gasteiger partial charge in [0, 0.05) is 12.8 Å². The third kappa shape index (κ3) is 6.60. The van der Waals surface area contributed by atoms with Crippen LogP contribution < -0.4 is 0 Å². The van der Waals surface area contributed by atoms with Crippen LogP contribution >= 0.6 is 0 Å². The number of alkyl halides is 8. The molecular formula is C9H9F8NOS. The molecule has 0 aromatic rings. The van der Waals surface area contributed by atoms with Crippen molar-refractivity contribution in [3.05, 3.63) is 0 Å². The van der Waals surface area contributed by atoms with Crippen molar-refractivity contribution < 1.29 is 39.7 Å². The molecule has 0 aliphatic heterocycles. The Morgan fingerprint density at radius 2 is 1.50 bits per heavy atom. The van der Waals surface area contributed by atoms with E-state index in [1.807, 2.05) is 0 Å². The SMILES string of the molecule is N#CC(CCC(F)(F)C(F)(F)F)[S+]([O-])CCC(F)(F)F. The molecule has 0 radical (unpaired) electrons. The van der Waals surface area contributed by atoms with Gasteiger partial charge < -0.3 is 4.55 Å². The first-order valence-corrected chi connectivity index (χ1v) is 6.46. The van der Waals surface area contributed by atoms with Crippen molar-refractivity contribution in [1.29, 1.82) is 5.26 Å². The van der Waals surface area contributed by atoms with Gasteiger partial charge in [0.2, 0.25) is 5.25 Å². The van der Waals surface area contributed by atoms with Gasteiger partial charge in [-0.1, -0.05) is 0 Å². The average Bonchev–Trinajstić information content (AvgIpc) is 2.24. The summed E-state index contributed by atoms with van der Waals surface area (Å²) in [5.41, 5.74) is 0.